The average Bonchev–Trinajstić information content (AvgIpc) is 3.08. The molecule has 2 N–H and O–H groups in total. The van der Waals surface area contributed by atoms with Gasteiger partial charge in [0.1, 0.15) is 5.76 Å². The number of ether oxygens (including phenoxy) is 2. The van der Waals surface area contributed by atoms with Crippen molar-refractivity contribution in [1.29, 1.82) is 0 Å². The van der Waals surface area contributed by atoms with E-state index in [1.165, 1.54) is 0 Å². The summed E-state index contributed by atoms with van der Waals surface area (Å²) in [6.07, 6.45) is 2.28. The normalized spacial score (nSPS) is 10.2. The van der Waals surface area contributed by atoms with Gasteiger partial charge in [-0.05, 0) is 43.2 Å². The van der Waals surface area contributed by atoms with Crippen LogP contribution in [-0.2, 0) is 13.0 Å². The number of carbonyl (C=O) groups excluding carboxylic acids is 1. The number of carbonyl (C=O) groups is 1. The number of urea groups is 1. The Morgan fingerprint density at radius 2 is 2.09 bits per heavy atom. The maximum Gasteiger partial charge on any atom is 0.315 e. The van der Waals surface area contributed by atoms with E-state index >= 15 is 0 Å². The molecule has 2 aromatic rings. The van der Waals surface area contributed by atoms with Gasteiger partial charge in [0.05, 0.1) is 26.5 Å². The second-order valence-corrected chi connectivity index (χ2v) is 4.86. The monoisotopic (exact) mass is 318 g/mol. The highest BCUT2D eigenvalue weighted by atomic mass is 16.5. The molecular weight excluding hydrogens is 296 g/mol. The van der Waals surface area contributed by atoms with Crippen LogP contribution in [0.2, 0.25) is 0 Å². The van der Waals surface area contributed by atoms with E-state index < -0.39 is 0 Å². The first kappa shape index (κ1) is 16.7. The summed E-state index contributed by atoms with van der Waals surface area (Å²) in [6, 6.07) is 9.15. The summed E-state index contributed by atoms with van der Waals surface area (Å²) in [5.41, 5.74) is 1.07. The molecule has 0 aliphatic heterocycles. The molecule has 1 aromatic heterocycles. The van der Waals surface area contributed by atoms with Crippen molar-refractivity contribution in [1.82, 2.24) is 10.6 Å². The zero-order chi connectivity index (χ0) is 16.5. The van der Waals surface area contributed by atoms with Gasteiger partial charge in [-0.25, -0.2) is 4.79 Å². The third-order valence-corrected chi connectivity index (χ3v) is 3.23. The first-order valence-corrected chi connectivity index (χ1v) is 7.56. The molecule has 0 saturated heterocycles. The number of amides is 2. The van der Waals surface area contributed by atoms with Crippen molar-refractivity contribution in [3.63, 3.8) is 0 Å². The summed E-state index contributed by atoms with van der Waals surface area (Å²) in [4.78, 5) is 11.7. The van der Waals surface area contributed by atoms with Crippen LogP contribution in [0.3, 0.4) is 0 Å². The van der Waals surface area contributed by atoms with Crippen molar-refractivity contribution in [2.45, 2.75) is 19.9 Å². The maximum atomic E-state index is 11.7. The van der Waals surface area contributed by atoms with E-state index in [9.17, 15) is 4.79 Å². The molecule has 0 atom stereocenters. The topological polar surface area (TPSA) is 72.7 Å². The SMILES string of the molecule is CCOc1ccc(CCNC(=O)NCc2ccco2)cc1OC. The minimum Gasteiger partial charge on any atom is -0.493 e. The fraction of sp³-hybridized carbons (Fsp3) is 0.353. The summed E-state index contributed by atoms with van der Waals surface area (Å²) in [6.45, 7) is 3.42. The number of hydrogen-bond donors (Lipinski definition) is 2. The van der Waals surface area contributed by atoms with E-state index in [0.717, 1.165) is 17.1 Å². The molecular formula is C17H22N2O4. The summed E-state index contributed by atoms with van der Waals surface area (Å²) >= 11 is 0. The molecule has 0 aliphatic rings. The molecule has 2 rings (SSSR count). The molecule has 0 radical (unpaired) electrons. The van der Waals surface area contributed by atoms with E-state index in [0.29, 0.717) is 31.9 Å². The van der Waals surface area contributed by atoms with Crippen LogP contribution >= 0.6 is 0 Å². The Morgan fingerprint density at radius 3 is 2.78 bits per heavy atom. The molecule has 6 nitrogen and oxygen atoms in total. The fourth-order valence-electron chi connectivity index (χ4n) is 2.11. The van der Waals surface area contributed by atoms with Crippen molar-refractivity contribution in [3.05, 3.63) is 47.9 Å². The highest BCUT2D eigenvalue weighted by molar-refractivity contribution is 5.73. The minimum atomic E-state index is -0.223. The van der Waals surface area contributed by atoms with Gasteiger partial charge in [0.2, 0.25) is 0 Å². The zero-order valence-corrected chi connectivity index (χ0v) is 13.4. The summed E-state index contributed by atoms with van der Waals surface area (Å²) in [7, 11) is 1.61. The van der Waals surface area contributed by atoms with Crippen LogP contribution in [0.1, 0.15) is 18.2 Å². The molecule has 0 spiro atoms. The highest BCUT2D eigenvalue weighted by Gasteiger charge is 2.06. The van der Waals surface area contributed by atoms with E-state index in [1.807, 2.05) is 31.2 Å². The molecule has 0 unspecified atom stereocenters. The van der Waals surface area contributed by atoms with Gasteiger partial charge in [0.15, 0.2) is 11.5 Å². The first-order valence-electron chi connectivity index (χ1n) is 7.56. The largest absolute Gasteiger partial charge is 0.493 e. The maximum absolute atomic E-state index is 11.7. The molecule has 0 aliphatic carbocycles. The second kappa shape index (κ2) is 8.73. The Kier molecular flexibility index (Phi) is 6.35. The number of furan rings is 1. The van der Waals surface area contributed by atoms with Crippen LogP contribution in [0.4, 0.5) is 4.79 Å². The molecule has 2 amide bonds. The molecule has 124 valence electrons. The molecule has 23 heavy (non-hydrogen) atoms. The molecule has 0 bridgehead atoms. The Hall–Kier alpha value is -2.63. The quantitative estimate of drug-likeness (QED) is 0.785. The lowest BCUT2D eigenvalue weighted by Gasteiger charge is -2.11. The summed E-state index contributed by atoms with van der Waals surface area (Å²) < 4.78 is 15.9. The van der Waals surface area contributed by atoms with E-state index in [-0.39, 0.29) is 6.03 Å². The van der Waals surface area contributed by atoms with Crippen molar-refractivity contribution in [2.75, 3.05) is 20.3 Å². The van der Waals surface area contributed by atoms with Crippen molar-refractivity contribution in [2.24, 2.45) is 0 Å². The van der Waals surface area contributed by atoms with Gasteiger partial charge < -0.3 is 24.5 Å². The Morgan fingerprint density at radius 1 is 1.22 bits per heavy atom. The van der Waals surface area contributed by atoms with Gasteiger partial charge in [-0.3, -0.25) is 0 Å². The van der Waals surface area contributed by atoms with Crippen LogP contribution in [0.15, 0.2) is 41.0 Å². The van der Waals surface area contributed by atoms with Gasteiger partial charge in [-0.15, -0.1) is 0 Å². The predicted octanol–water partition coefficient (Wildman–Crippen LogP) is 2.73. The van der Waals surface area contributed by atoms with Crippen molar-refractivity contribution >= 4 is 6.03 Å². The number of methoxy groups -OCH3 is 1. The lowest BCUT2D eigenvalue weighted by Crippen LogP contribution is -2.36. The van der Waals surface area contributed by atoms with Gasteiger partial charge in [0, 0.05) is 6.54 Å². The Labute approximate surface area is 135 Å². The van der Waals surface area contributed by atoms with Crippen LogP contribution in [0.5, 0.6) is 11.5 Å². The standard InChI is InChI=1S/C17H22N2O4/c1-3-22-15-7-6-13(11-16(15)21-2)8-9-18-17(20)19-12-14-5-4-10-23-14/h4-7,10-11H,3,8-9,12H2,1-2H3,(H2,18,19,20). The summed E-state index contributed by atoms with van der Waals surface area (Å²) in [5, 5.41) is 5.54. The van der Waals surface area contributed by atoms with Crippen molar-refractivity contribution in [3.8, 4) is 11.5 Å². The molecule has 1 heterocycles. The molecule has 0 saturated carbocycles. The molecule has 6 heteroatoms. The predicted molar refractivity (Wildman–Crippen MR) is 86.8 cm³/mol. The smallest absolute Gasteiger partial charge is 0.315 e. The Bertz CT molecular complexity index is 611. The second-order valence-electron chi connectivity index (χ2n) is 4.86. The molecule has 0 fully saturated rings. The minimum absolute atomic E-state index is 0.223. The lowest BCUT2D eigenvalue weighted by molar-refractivity contribution is 0.239. The number of benzene rings is 1. The lowest BCUT2D eigenvalue weighted by atomic mass is 10.1. The summed E-state index contributed by atoms with van der Waals surface area (Å²) in [5.74, 6) is 2.14. The van der Waals surface area contributed by atoms with Gasteiger partial charge >= 0.3 is 6.03 Å². The van der Waals surface area contributed by atoms with E-state index in [4.69, 9.17) is 13.9 Å². The van der Waals surface area contributed by atoms with Gasteiger partial charge in [0.25, 0.3) is 0 Å². The zero-order valence-electron chi connectivity index (χ0n) is 13.4. The first-order chi connectivity index (χ1) is 11.2. The van der Waals surface area contributed by atoms with E-state index in [2.05, 4.69) is 10.6 Å². The number of nitrogens with one attached hydrogen (secondary N) is 2. The third kappa shape index (κ3) is 5.25. The van der Waals surface area contributed by atoms with Crippen molar-refractivity contribution < 1.29 is 18.7 Å². The number of rotatable bonds is 8. The van der Waals surface area contributed by atoms with E-state index in [1.54, 1.807) is 19.4 Å². The van der Waals surface area contributed by atoms with Gasteiger partial charge in [-0.1, -0.05) is 6.07 Å². The molecule has 1 aromatic carbocycles. The fourth-order valence-corrected chi connectivity index (χ4v) is 2.11. The average molecular weight is 318 g/mol. The van der Waals surface area contributed by atoms with Crippen LogP contribution < -0.4 is 20.1 Å². The van der Waals surface area contributed by atoms with Crippen LogP contribution in [0, 0.1) is 0 Å². The Balaban J connectivity index is 1.75. The van der Waals surface area contributed by atoms with Crippen LogP contribution in [0.25, 0.3) is 0 Å². The van der Waals surface area contributed by atoms with Gasteiger partial charge in [-0.2, -0.15) is 0 Å². The number of hydrogen-bond acceptors (Lipinski definition) is 4. The third-order valence-electron chi connectivity index (χ3n) is 3.23. The highest BCUT2D eigenvalue weighted by Crippen LogP contribution is 2.28. The van der Waals surface area contributed by atoms with Crippen LogP contribution in [-0.4, -0.2) is 26.3 Å².